The second-order valence-corrected chi connectivity index (χ2v) is 10.9. The second-order valence-electron chi connectivity index (χ2n) is 8.77. The molecule has 2 aliphatic heterocycles. The number of amides is 1. The van der Waals surface area contributed by atoms with E-state index in [1.54, 1.807) is 23.1 Å². The van der Waals surface area contributed by atoms with E-state index >= 15 is 0 Å². The van der Waals surface area contributed by atoms with Crippen molar-refractivity contribution in [3.8, 4) is 0 Å². The number of pyridine rings is 1. The summed E-state index contributed by atoms with van der Waals surface area (Å²) in [5.74, 6) is 1.02. The number of nitrogens with one attached hydrogen (secondary N) is 1. The Kier molecular flexibility index (Phi) is 7.08. The lowest BCUT2D eigenvalue weighted by molar-refractivity contribution is 0.0952. The molecule has 1 aromatic carbocycles. The number of thiophene rings is 1. The minimum Gasteiger partial charge on any atom is -0.369 e. The second kappa shape index (κ2) is 10.4. The lowest BCUT2D eigenvalue weighted by atomic mass is 10.1. The van der Waals surface area contributed by atoms with Gasteiger partial charge in [-0.25, -0.2) is 4.98 Å². The highest BCUT2D eigenvalue weighted by molar-refractivity contribution is 7.99. The fourth-order valence-electron chi connectivity index (χ4n) is 4.58. The molecule has 0 aliphatic carbocycles. The van der Waals surface area contributed by atoms with Crippen LogP contribution in [0.5, 0.6) is 0 Å². The minimum absolute atomic E-state index is 0.0167. The molecule has 1 amide bonds. The van der Waals surface area contributed by atoms with Crippen LogP contribution in [0.4, 0.5) is 16.4 Å². The van der Waals surface area contributed by atoms with Crippen LogP contribution in [-0.4, -0.2) is 67.4 Å². The van der Waals surface area contributed by atoms with E-state index in [9.17, 15) is 4.79 Å². The first-order chi connectivity index (χ1) is 16.6. The van der Waals surface area contributed by atoms with Crippen molar-refractivity contribution in [1.82, 2.24) is 15.2 Å². The van der Waals surface area contributed by atoms with Crippen LogP contribution in [0, 0.1) is 13.8 Å². The van der Waals surface area contributed by atoms with Gasteiger partial charge in [0.05, 0.1) is 15.6 Å². The summed E-state index contributed by atoms with van der Waals surface area (Å²) < 4.78 is 0. The zero-order valence-electron chi connectivity index (χ0n) is 19.8. The molecule has 2 aromatic heterocycles. The van der Waals surface area contributed by atoms with E-state index in [2.05, 4.69) is 69.2 Å². The third-order valence-electron chi connectivity index (χ3n) is 6.68. The minimum atomic E-state index is 0.0167. The predicted octanol–water partition coefficient (Wildman–Crippen LogP) is 4.56. The number of thioether (sulfide) groups is 1. The number of benzene rings is 1. The van der Waals surface area contributed by atoms with E-state index in [1.807, 2.05) is 18.3 Å². The quantitative estimate of drug-likeness (QED) is 0.544. The molecule has 0 unspecified atom stereocenters. The first kappa shape index (κ1) is 23.2. The Morgan fingerprint density at radius 2 is 1.82 bits per heavy atom. The van der Waals surface area contributed by atoms with Crippen LogP contribution in [0.15, 0.2) is 53.7 Å². The number of aryl methyl sites for hydroxylation is 1. The first-order valence-corrected chi connectivity index (χ1v) is 13.7. The van der Waals surface area contributed by atoms with Crippen LogP contribution >= 0.6 is 23.1 Å². The molecule has 1 fully saturated rings. The molecular formula is C26H31N5OS2. The first-order valence-electron chi connectivity index (χ1n) is 11.9. The maximum atomic E-state index is 12.8. The number of nitrogens with zero attached hydrogens (tertiary/aromatic N) is 4. The summed E-state index contributed by atoms with van der Waals surface area (Å²) in [5, 5.41) is 5.28. The summed E-state index contributed by atoms with van der Waals surface area (Å²) in [6, 6.07) is 14.6. The SMILES string of the molecule is Cc1cccc(N2CCN(CCNC(=O)c3ccc(N4CCSc5ncccc54)s3)CC2)c1C. The van der Waals surface area contributed by atoms with Gasteiger partial charge in [-0.2, -0.15) is 0 Å². The smallest absolute Gasteiger partial charge is 0.261 e. The normalized spacial score (nSPS) is 16.4. The van der Waals surface area contributed by atoms with Crippen LogP contribution in [0.1, 0.15) is 20.8 Å². The van der Waals surface area contributed by atoms with Crippen molar-refractivity contribution in [3.63, 3.8) is 0 Å². The van der Waals surface area contributed by atoms with Crippen LogP contribution in [-0.2, 0) is 0 Å². The van der Waals surface area contributed by atoms with E-state index in [1.165, 1.54) is 16.8 Å². The maximum Gasteiger partial charge on any atom is 0.261 e. The molecule has 8 heteroatoms. The Morgan fingerprint density at radius 3 is 2.68 bits per heavy atom. The van der Waals surface area contributed by atoms with Crippen LogP contribution in [0.25, 0.3) is 0 Å². The van der Waals surface area contributed by atoms with Gasteiger partial charge in [-0.3, -0.25) is 9.69 Å². The molecule has 0 bridgehead atoms. The lowest BCUT2D eigenvalue weighted by Gasteiger charge is -2.37. The van der Waals surface area contributed by atoms with Crippen LogP contribution in [0.2, 0.25) is 0 Å². The predicted molar refractivity (Wildman–Crippen MR) is 143 cm³/mol. The van der Waals surface area contributed by atoms with Gasteiger partial charge in [-0.1, -0.05) is 12.1 Å². The number of hydrogen-bond acceptors (Lipinski definition) is 7. The molecule has 1 saturated heterocycles. The van der Waals surface area contributed by atoms with E-state index in [4.69, 9.17) is 0 Å². The highest BCUT2D eigenvalue weighted by atomic mass is 32.2. The molecule has 0 saturated carbocycles. The van der Waals surface area contributed by atoms with Gasteiger partial charge in [0, 0.05) is 63.5 Å². The number of carbonyl (C=O) groups excluding carboxylic acids is 1. The van der Waals surface area contributed by atoms with Gasteiger partial charge in [0.2, 0.25) is 0 Å². The van der Waals surface area contributed by atoms with E-state index in [0.29, 0.717) is 6.54 Å². The molecule has 2 aliphatic rings. The molecule has 3 aromatic rings. The number of hydrogen-bond donors (Lipinski definition) is 1. The van der Waals surface area contributed by atoms with Crippen molar-refractivity contribution in [3.05, 3.63) is 64.7 Å². The van der Waals surface area contributed by atoms with Crippen molar-refractivity contribution in [1.29, 1.82) is 0 Å². The van der Waals surface area contributed by atoms with E-state index in [0.717, 1.165) is 65.6 Å². The molecule has 0 atom stereocenters. The van der Waals surface area contributed by atoms with Crippen molar-refractivity contribution < 1.29 is 4.79 Å². The molecule has 5 rings (SSSR count). The summed E-state index contributed by atoms with van der Waals surface area (Å²) in [7, 11) is 0. The summed E-state index contributed by atoms with van der Waals surface area (Å²) in [5.41, 5.74) is 5.21. The van der Waals surface area contributed by atoms with Crippen molar-refractivity contribution in [2.45, 2.75) is 18.9 Å². The van der Waals surface area contributed by atoms with E-state index < -0.39 is 0 Å². The summed E-state index contributed by atoms with van der Waals surface area (Å²) in [6.45, 7) is 11.0. The zero-order valence-corrected chi connectivity index (χ0v) is 21.4. The molecule has 178 valence electrons. The van der Waals surface area contributed by atoms with Gasteiger partial charge >= 0.3 is 0 Å². The average Bonchev–Trinajstić information content (AvgIpc) is 3.36. The molecule has 34 heavy (non-hydrogen) atoms. The third-order valence-corrected chi connectivity index (χ3v) is 8.76. The number of aromatic nitrogens is 1. The number of piperazine rings is 1. The molecule has 6 nitrogen and oxygen atoms in total. The number of rotatable bonds is 6. The Balaban J connectivity index is 1.11. The Labute approximate surface area is 210 Å². The highest BCUT2D eigenvalue weighted by Crippen LogP contribution is 2.40. The Morgan fingerprint density at radius 1 is 1.00 bits per heavy atom. The summed E-state index contributed by atoms with van der Waals surface area (Å²) in [4.78, 5) is 25.2. The molecule has 0 radical (unpaired) electrons. The van der Waals surface area contributed by atoms with Gasteiger partial charge in [0.25, 0.3) is 5.91 Å². The monoisotopic (exact) mass is 493 g/mol. The summed E-state index contributed by atoms with van der Waals surface area (Å²) in [6.07, 6.45) is 1.84. The Hall–Kier alpha value is -2.55. The molecule has 1 N–H and O–H groups in total. The molecule has 4 heterocycles. The Bertz CT molecular complexity index is 1160. The van der Waals surface area contributed by atoms with Crippen LogP contribution < -0.4 is 15.1 Å². The van der Waals surface area contributed by atoms with Gasteiger partial charge in [-0.05, 0) is 55.3 Å². The van der Waals surface area contributed by atoms with Crippen molar-refractivity contribution in [2.75, 3.05) is 61.4 Å². The van der Waals surface area contributed by atoms with Gasteiger partial charge in [-0.15, -0.1) is 23.1 Å². The zero-order chi connectivity index (χ0) is 23.5. The fraction of sp³-hybridized carbons (Fsp3) is 0.385. The van der Waals surface area contributed by atoms with Crippen molar-refractivity contribution >= 4 is 45.4 Å². The maximum absolute atomic E-state index is 12.8. The average molecular weight is 494 g/mol. The van der Waals surface area contributed by atoms with Gasteiger partial charge in [0.15, 0.2) is 0 Å². The standard InChI is InChI=1S/C26H31N5OS2/c1-19-5-3-6-21(20(19)2)30-15-13-29(14-16-30)12-11-27-25(32)23-8-9-24(34-23)31-17-18-33-26-22(31)7-4-10-28-26/h3-10H,11-18H2,1-2H3,(H,27,32). The van der Waals surface area contributed by atoms with Gasteiger partial charge < -0.3 is 15.1 Å². The van der Waals surface area contributed by atoms with Gasteiger partial charge in [0.1, 0.15) is 5.03 Å². The fourth-order valence-corrected chi connectivity index (χ4v) is 6.47. The largest absolute Gasteiger partial charge is 0.369 e. The lowest BCUT2D eigenvalue weighted by Crippen LogP contribution is -2.48. The third kappa shape index (κ3) is 4.94. The topological polar surface area (TPSA) is 51.7 Å². The van der Waals surface area contributed by atoms with Crippen LogP contribution in [0.3, 0.4) is 0 Å². The summed E-state index contributed by atoms with van der Waals surface area (Å²) >= 11 is 3.34. The highest BCUT2D eigenvalue weighted by Gasteiger charge is 2.22. The number of anilines is 3. The molecule has 0 spiro atoms. The molecular weight excluding hydrogens is 462 g/mol. The van der Waals surface area contributed by atoms with E-state index in [-0.39, 0.29) is 5.91 Å². The van der Waals surface area contributed by atoms with Crippen molar-refractivity contribution in [2.24, 2.45) is 0 Å². The number of carbonyl (C=O) groups is 1. The number of fused-ring (bicyclic) bond motifs is 1.